The van der Waals surface area contributed by atoms with Crippen molar-refractivity contribution in [3.8, 4) is 0 Å². The highest BCUT2D eigenvalue weighted by atomic mass is 32.1. The summed E-state index contributed by atoms with van der Waals surface area (Å²) in [6.45, 7) is 0.792. The van der Waals surface area contributed by atoms with E-state index >= 15 is 0 Å². The van der Waals surface area contributed by atoms with Gasteiger partial charge in [0.15, 0.2) is 5.13 Å². The first kappa shape index (κ1) is 13.6. The standard InChI is InChI=1S/C14H21N5S/c1-15-10-5-4-6-11-13(10)20-14(17-11)19(3)9-12-16-7-8-18(12)2/h7-8,10,15H,4-6,9H2,1-3H3. The van der Waals surface area contributed by atoms with E-state index in [4.69, 9.17) is 4.98 Å². The normalized spacial score (nSPS) is 18.1. The number of hydrogen-bond acceptors (Lipinski definition) is 5. The second-order valence-corrected chi connectivity index (χ2v) is 6.36. The lowest BCUT2D eigenvalue weighted by Gasteiger charge is -2.19. The molecular formula is C14H21N5S. The Hall–Kier alpha value is -1.40. The molecule has 1 aliphatic carbocycles. The van der Waals surface area contributed by atoms with Crippen molar-refractivity contribution in [2.45, 2.75) is 31.8 Å². The van der Waals surface area contributed by atoms with Crippen molar-refractivity contribution in [3.63, 3.8) is 0 Å². The van der Waals surface area contributed by atoms with Crippen molar-refractivity contribution in [1.82, 2.24) is 19.9 Å². The molecule has 0 bridgehead atoms. The summed E-state index contributed by atoms with van der Waals surface area (Å²) in [5.74, 6) is 1.06. The molecule has 0 spiro atoms. The highest BCUT2D eigenvalue weighted by Crippen LogP contribution is 2.37. The third kappa shape index (κ3) is 2.45. The zero-order valence-corrected chi connectivity index (χ0v) is 13.1. The second kappa shape index (κ2) is 5.54. The smallest absolute Gasteiger partial charge is 0.185 e. The Kier molecular flexibility index (Phi) is 3.76. The molecule has 108 valence electrons. The van der Waals surface area contributed by atoms with Crippen molar-refractivity contribution >= 4 is 16.5 Å². The minimum absolute atomic E-state index is 0.478. The van der Waals surface area contributed by atoms with Gasteiger partial charge in [-0.3, -0.25) is 0 Å². The number of aromatic nitrogens is 3. The first-order valence-corrected chi connectivity index (χ1v) is 7.85. The lowest BCUT2D eigenvalue weighted by atomic mass is 9.98. The Morgan fingerprint density at radius 1 is 1.55 bits per heavy atom. The molecule has 0 saturated carbocycles. The second-order valence-electron chi connectivity index (χ2n) is 5.35. The molecule has 6 heteroatoms. The van der Waals surface area contributed by atoms with E-state index in [0.29, 0.717) is 6.04 Å². The summed E-state index contributed by atoms with van der Waals surface area (Å²) >= 11 is 1.82. The zero-order chi connectivity index (χ0) is 14.1. The van der Waals surface area contributed by atoms with E-state index in [2.05, 4.69) is 26.8 Å². The fourth-order valence-corrected chi connectivity index (χ4v) is 3.89. The van der Waals surface area contributed by atoms with Crippen LogP contribution in [0.5, 0.6) is 0 Å². The molecule has 1 N–H and O–H groups in total. The largest absolute Gasteiger partial charge is 0.344 e. The number of imidazole rings is 1. The molecule has 0 amide bonds. The molecule has 3 rings (SSSR count). The van der Waals surface area contributed by atoms with Crippen LogP contribution in [0, 0.1) is 0 Å². The van der Waals surface area contributed by atoms with E-state index in [-0.39, 0.29) is 0 Å². The number of fused-ring (bicyclic) bond motifs is 1. The molecule has 1 atom stereocenters. The molecule has 0 aromatic carbocycles. The Bertz CT molecular complexity index is 588. The van der Waals surface area contributed by atoms with Gasteiger partial charge in [-0.15, -0.1) is 0 Å². The number of nitrogens with zero attached hydrogens (tertiary/aromatic N) is 4. The van der Waals surface area contributed by atoms with Gasteiger partial charge >= 0.3 is 0 Å². The maximum Gasteiger partial charge on any atom is 0.185 e. The van der Waals surface area contributed by atoms with Crippen LogP contribution in [0.25, 0.3) is 0 Å². The molecule has 0 saturated heterocycles. The third-order valence-corrected chi connectivity index (χ3v) is 5.24. The lowest BCUT2D eigenvalue weighted by Crippen LogP contribution is -2.20. The van der Waals surface area contributed by atoms with Gasteiger partial charge in [0, 0.05) is 37.4 Å². The molecule has 2 aromatic heterocycles. The summed E-state index contributed by atoms with van der Waals surface area (Å²) in [5.41, 5.74) is 1.28. The van der Waals surface area contributed by atoms with Crippen LogP contribution in [0.4, 0.5) is 5.13 Å². The fraction of sp³-hybridized carbons (Fsp3) is 0.571. The van der Waals surface area contributed by atoms with Gasteiger partial charge in [0.25, 0.3) is 0 Å². The Balaban J connectivity index is 1.80. The first-order chi connectivity index (χ1) is 9.69. The van der Waals surface area contributed by atoms with Gasteiger partial charge in [-0.05, 0) is 26.3 Å². The molecule has 5 nitrogen and oxygen atoms in total. The molecule has 1 unspecified atom stereocenters. The van der Waals surface area contributed by atoms with E-state index in [1.807, 2.05) is 37.8 Å². The lowest BCUT2D eigenvalue weighted by molar-refractivity contribution is 0.501. The monoisotopic (exact) mass is 291 g/mol. The molecule has 2 heterocycles. The minimum Gasteiger partial charge on any atom is -0.344 e. The van der Waals surface area contributed by atoms with Crippen LogP contribution in [-0.2, 0) is 20.0 Å². The van der Waals surface area contributed by atoms with Gasteiger partial charge in [-0.2, -0.15) is 0 Å². The number of anilines is 1. The fourth-order valence-electron chi connectivity index (χ4n) is 2.67. The summed E-state index contributed by atoms with van der Waals surface area (Å²) in [5, 5.41) is 4.50. The Morgan fingerprint density at radius 3 is 3.10 bits per heavy atom. The van der Waals surface area contributed by atoms with Crippen LogP contribution >= 0.6 is 11.3 Å². The SMILES string of the molecule is CNC1CCCc2nc(N(C)Cc3nccn3C)sc21. The van der Waals surface area contributed by atoms with Crippen LogP contribution in [0.2, 0.25) is 0 Å². The van der Waals surface area contributed by atoms with Gasteiger partial charge in [-0.1, -0.05) is 11.3 Å². The summed E-state index contributed by atoms with van der Waals surface area (Å²) in [6.07, 6.45) is 7.37. The van der Waals surface area contributed by atoms with Crippen LogP contribution in [-0.4, -0.2) is 28.6 Å². The molecule has 0 fully saturated rings. The molecule has 0 radical (unpaired) electrons. The van der Waals surface area contributed by atoms with Gasteiger partial charge < -0.3 is 14.8 Å². The summed E-state index contributed by atoms with van der Waals surface area (Å²) in [6, 6.07) is 0.478. The van der Waals surface area contributed by atoms with E-state index in [1.54, 1.807) is 0 Å². The zero-order valence-electron chi connectivity index (χ0n) is 12.3. The summed E-state index contributed by atoms with van der Waals surface area (Å²) < 4.78 is 2.06. The Morgan fingerprint density at radius 2 is 2.40 bits per heavy atom. The minimum atomic E-state index is 0.478. The third-order valence-electron chi connectivity index (χ3n) is 3.91. The highest BCUT2D eigenvalue weighted by molar-refractivity contribution is 7.15. The average molecular weight is 291 g/mol. The quantitative estimate of drug-likeness (QED) is 0.937. The van der Waals surface area contributed by atoms with Gasteiger partial charge in [-0.25, -0.2) is 9.97 Å². The van der Waals surface area contributed by atoms with E-state index in [0.717, 1.165) is 23.9 Å². The molecule has 2 aromatic rings. The highest BCUT2D eigenvalue weighted by Gasteiger charge is 2.24. The van der Waals surface area contributed by atoms with Crippen LogP contribution < -0.4 is 10.2 Å². The number of rotatable bonds is 4. The number of nitrogens with one attached hydrogen (secondary N) is 1. The van der Waals surface area contributed by atoms with E-state index < -0.39 is 0 Å². The predicted molar refractivity (Wildman–Crippen MR) is 82.2 cm³/mol. The number of thiazole rings is 1. The maximum absolute atomic E-state index is 4.83. The summed E-state index contributed by atoms with van der Waals surface area (Å²) in [7, 11) is 6.16. The topological polar surface area (TPSA) is 46.0 Å². The predicted octanol–water partition coefficient (Wildman–Crippen LogP) is 2.11. The molecule has 0 aliphatic heterocycles. The van der Waals surface area contributed by atoms with E-state index in [1.165, 1.54) is 23.4 Å². The molecule has 20 heavy (non-hydrogen) atoms. The van der Waals surface area contributed by atoms with Crippen molar-refractivity contribution < 1.29 is 0 Å². The van der Waals surface area contributed by atoms with Crippen molar-refractivity contribution in [2.75, 3.05) is 19.0 Å². The Labute approximate surface area is 123 Å². The number of aryl methyl sites for hydroxylation is 2. The molecule has 1 aliphatic rings. The van der Waals surface area contributed by atoms with Crippen molar-refractivity contribution in [2.24, 2.45) is 7.05 Å². The van der Waals surface area contributed by atoms with E-state index in [9.17, 15) is 0 Å². The summed E-state index contributed by atoms with van der Waals surface area (Å²) in [4.78, 5) is 12.8. The average Bonchev–Trinajstić information content (AvgIpc) is 3.05. The first-order valence-electron chi connectivity index (χ1n) is 7.03. The van der Waals surface area contributed by atoms with Crippen molar-refractivity contribution in [1.29, 1.82) is 0 Å². The van der Waals surface area contributed by atoms with Crippen LogP contribution in [0.15, 0.2) is 12.4 Å². The van der Waals surface area contributed by atoms with Crippen LogP contribution in [0.1, 0.15) is 35.3 Å². The van der Waals surface area contributed by atoms with Gasteiger partial charge in [0.05, 0.1) is 12.2 Å². The van der Waals surface area contributed by atoms with Gasteiger partial charge in [0.2, 0.25) is 0 Å². The number of hydrogen-bond donors (Lipinski definition) is 1. The van der Waals surface area contributed by atoms with Gasteiger partial charge in [0.1, 0.15) is 5.82 Å². The van der Waals surface area contributed by atoms with Crippen LogP contribution in [0.3, 0.4) is 0 Å². The van der Waals surface area contributed by atoms with Crippen molar-refractivity contribution in [3.05, 3.63) is 28.8 Å². The molecular weight excluding hydrogens is 270 g/mol. The maximum atomic E-state index is 4.83.